The van der Waals surface area contributed by atoms with E-state index in [2.05, 4.69) is 27.6 Å². The third-order valence-electron chi connectivity index (χ3n) is 4.41. The van der Waals surface area contributed by atoms with Crippen LogP contribution in [0.4, 0.5) is 5.13 Å². The van der Waals surface area contributed by atoms with E-state index in [1.807, 2.05) is 30.3 Å². The van der Waals surface area contributed by atoms with Crippen molar-refractivity contribution in [2.24, 2.45) is 0 Å². The Bertz CT molecular complexity index is 943. The molecule has 1 unspecified atom stereocenters. The summed E-state index contributed by atoms with van der Waals surface area (Å²) in [6.45, 7) is 1.22. The predicted molar refractivity (Wildman–Crippen MR) is 115 cm³/mol. The first-order valence-corrected chi connectivity index (χ1v) is 11.2. The van der Waals surface area contributed by atoms with E-state index in [1.165, 1.54) is 16.9 Å². The van der Waals surface area contributed by atoms with Gasteiger partial charge in [0, 0.05) is 12.4 Å². The van der Waals surface area contributed by atoms with Gasteiger partial charge in [-0.25, -0.2) is 0 Å². The molecule has 2 heterocycles. The summed E-state index contributed by atoms with van der Waals surface area (Å²) in [6.07, 6.45) is 2.14. The minimum Gasteiger partial charge on any atom is -0.490 e. The topological polar surface area (TPSA) is 73.3 Å². The number of aromatic nitrogens is 2. The fourth-order valence-electron chi connectivity index (χ4n) is 2.94. The summed E-state index contributed by atoms with van der Waals surface area (Å²) in [7, 11) is 0. The molecule has 0 spiro atoms. The molecule has 1 N–H and O–H groups in total. The zero-order chi connectivity index (χ0) is 19.9. The van der Waals surface area contributed by atoms with E-state index in [1.54, 1.807) is 23.9 Å². The summed E-state index contributed by atoms with van der Waals surface area (Å²) < 4.78 is 12.2. The van der Waals surface area contributed by atoms with Crippen LogP contribution in [-0.2, 0) is 10.5 Å². The second kappa shape index (κ2) is 9.87. The second-order valence-corrected chi connectivity index (χ2v) is 8.74. The van der Waals surface area contributed by atoms with Gasteiger partial charge in [0.25, 0.3) is 5.91 Å². The number of hydrogen-bond acceptors (Lipinski definition) is 7. The lowest BCUT2D eigenvalue weighted by molar-refractivity contribution is 0.0673. The SMILES string of the molecule is O=C(Nc1nnc(SCc2ccccc2)s1)c1ccccc1OCC1CCCO1. The molecule has 6 nitrogen and oxygen atoms in total. The number of nitrogens with zero attached hydrogens (tertiary/aromatic N) is 2. The Morgan fingerprint density at radius 1 is 1.17 bits per heavy atom. The van der Waals surface area contributed by atoms with E-state index >= 15 is 0 Å². The predicted octanol–water partition coefficient (Wildman–Crippen LogP) is 4.64. The second-order valence-electron chi connectivity index (χ2n) is 6.54. The Morgan fingerprint density at radius 3 is 2.83 bits per heavy atom. The molecule has 150 valence electrons. The van der Waals surface area contributed by atoms with Crippen LogP contribution < -0.4 is 10.1 Å². The van der Waals surface area contributed by atoms with Gasteiger partial charge in [0.05, 0.1) is 11.7 Å². The Kier molecular flexibility index (Phi) is 6.76. The number of ether oxygens (including phenoxy) is 2. The lowest BCUT2D eigenvalue weighted by atomic mass is 10.2. The van der Waals surface area contributed by atoms with Gasteiger partial charge in [-0.15, -0.1) is 10.2 Å². The largest absolute Gasteiger partial charge is 0.490 e. The van der Waals surface area contributed by atoms with Crippen molar-refractivity contribution in [2.75, 3.05) is 18.5 Å². The van der Waals surface area contributed by atoms with Gasteiger partial charge in [-0.2, -0.15) is 0 Å². The first kappa shape index (κ1) is 19.9. The number of benzene rings is 2. The van der Waals surface area contributed by atoms with Crippen LogP contribution in [-0.4, -0.2) is 35.4 Å². The van der Waals surface area contributed by atoms with Crippen LogP contribution in [0.2, 0.25) is 0 Å². The van der Waals surface area contributed by atoms with E-state index in [0.29, 0.717) is 23.1 Å². The minimum atomic E-state index is -0.260. The van der Waals surface area contributed by atoms with E-state index in [0.717, 1.165) is 29.5 Å². The first-order valence-electron chi connectivity index (χ1n) is 9.43. The third kappa shape index (κ3) is 5.56. The molecule has 1 fully saturated rings. The van der Waals surface area contributed by atoms with E-state index in [9.17, 15) is 4.79 Å². The molecule has 1 saturated heterocycles. The Labute approximate surface area is 177 Å². The number of thioether (sulfide) groups is 1. The standard InChI is InChI=1S/C21H21N3O3S2/c25-19(17-10-4-5-11-18(17)27-13-16-9-6-12-26-16)22-20-23-24-21(29-20)28-14-15-7-2-1-3-8-15/h1-5,7-8,10-11,16H,6,9,12-14H2,(H,22,23,25). The number of anilines is 1. The van der Waals surface area contributed by atoms with Crippen LogP contribution >= 0.6 is 23.1 Å². The summed E-state index contributed by atoms with van der Waals surface area (Å²) in [5.74, 6) is 1.09. The number of carbonyl (C=O) groups is 1. The van der Waals surface area contributed by atoms with Crippen molar-refractivity contribution >= 4 is 34.1 Å². The average molecular weight is 428 g/mol. The maximum atomic E-state index is 12.7. The van der Waals surface area contributed by atoms with Crippen molar-refractivity contribution in [3.05, 3.63) is 65.7 Å². The number of nitrogens with one attached hydrogen (secondary N) is 1. The molecule has 0 saturated carbocycles. The lowest BCUT2D eigenvalue weighted by Crippen LogP contribution is -2.19. The summed E-state index contributed by atoms with van der Waals surface area (Å²) in [6, 6.07) is 17.4. The molecule has 0 bridgehead atoms. The molecule has 1 atom stereocenters. The van der Waals surface area contributed by atoms with Crippen LogP contribution in [0.3, 0.4) is 0 Å². The molecule has 2 aromatic carbocycles. The molecule has 3 aromatic rings. The van der Waals surface area contributed by atoms with Crippen molar-refractivity contribution < 1.29 is 14.3 Å². The summed E-state index contributed by atoms with van der Waals surface area (Å²) >= 11 is 2.96. The third-order valence-corrected chi connectivity index (χ3v) is 6.46. The Balaban J connectivity index is 1.35. The zero-order valence-corrected chi connectivity index (χ0v) is 17.4. The highest BCUT2D eigenvalue weighted by molar-refractivity contribution is 8.00. The van der Waals surface area contributed by atoms with E-state index in [4.69, 9.17) is 9.47 Å². The van der Waals surface area contributed by atoms with Crippen LogP contribution in [0.25, 0.3) is 0 Å². The number of hydrogen-bond donors (Lipinski definition) is 1. The monoisotopic (exact) mass is 427 g/mol. The van der Waals surface area contributed by atoms with Gasteiger partial charge in [0.15, 0.2) is 4.34 Å². The highest BCUT2D eigenvalue weighted by atomic mass is 32.2. The Morgan fingerprint density at radius 2 is 2.00 bits per heavy atom. The van der Waals surface area contributed by atoms with Crippen molar-refractivity contribution in [2.45, 2.75) is 29.0 Å². The molecule has 0 radical (unpaired) electrons. The van der Waals surface area contributed by atoms with E-state index in [-0.39, 0.29) is 12.0 Å². The van der Waals surface area contributed by atoms with Crippen molar-refractivity contribution in [1.82, 2.24) is 10.2 Å². The van der Waals surface area contributed by atoms with Gasteiger partial charge in [-0.3, -0.25) is 10.1 Å². The maximum absolute atomic E-state index is 12.7. The summed E-state index contributed by atoms with van der Waals surface area (Å²) in [5, 5.41) is 11.5. The summed E-state index contributed by atoms with van der Waals surface area (Å²) in [5.41, 5.74) is 1.69. The number of rotatable bonds is 8. The van der Waals surface area contributed by atoms with Gasteiger partial charge >= 0.3 is 0 Å². The molecular formula is C21H21N3O3S2. The highest BCUT2D eigenvalue weighted by Crippen LogP contribution is 2.29. The normalized spacial score (nSPS) is 15.9. The van der Waals surface area contributed by atoms with Crippen LogP contribution in [0.1, 0.15) is 28.8 Å². The number of carbonyl (C=O) groups excluding carboxylic acids is 1. The fraction of sp³-hybridized carbons (Fsp3) is 0.286. The highest BCUT2D eigenvalue weighted by Gasteiger charge is 2.19. The van der Waals surface area contributed by atoms with Gasteiger partial charge in [0.1, 0.15) is 12.4 Å². The van der Waals surface area contributed by atoms with Gasteiger partial charge in [-0.05, 0) is 30.5 Å². The van der Waals surface area contributed by atoms with Gasteiger partial charge in [0.2, 0.25) is 5.13 Å². The number of amides is 1. The molecule has 4 rings (SSSR count). The van der Waals surface area contributed by atoms with Crippen LogP contribution in [0.15, 0.2) is 58.9 Å². The van der Waals surface area contributed by atoms with E-state index < -0.39 is 0 Å². The molecule has 1 aliphatic rings. The Hall–Kier alpha value is -2.42. The molecule has 0 aliphatic carbocycles. The molecule has 8 heteroatoms. The molecule has 1 aromatic heterocycles. The van der Waals surface area contributed by atoms with Crippen LogP contribution in [0, 0.1) is 0 Å². The maximum Gasteiger partial charge on any atom is 0.261 e. The zero-order valence-electron chi connectivity index (χ0n) is 15.7. The summed E-state index contributed by atoms with van der Waals surface area (Å²) in [4.78, 5) is 12.7. The number of para-hydroxylation sites is 1. The minimum absolute atomic E-state index is 0.0958. The van der Waals surface area contributed by atoms with Crippen molar-refractivity contribution in [3.63, 3.8) is 0 Å². The fourth-order valence-corrected chi connectivity index (χ4v) is 4.64. The van der Waals surface area contributed by atoms with Gasteiger partial charge < -0.3 is 9.47 Å². The molecule has 1 aliphatic heterocycles. The molecular weight excluding hydrogens is 406 g/mol. The van der Waals surface area contributed by atoms with Crippen LogP contribution in [0.5, 0.6) is 5.75 Å². The first-order chi connectivity index (χ1) is 14.3. The lowest BCUT2D eigenvalue weighted by Gasteiger charge is -2.14. The average Bonchev–Trinajstić information content (AvgIpc) is 3.44. The van der Waals surface area contributed by atoms with Gasteiger partial charge in [-0.1, -0.05) is 65.6 Å². The van der Waals surface area contributed by atoms with Crippen molar-refractivity contribution in [3.8, 4) is 5.75 Å². The quantitative estimate of drug-likeness (QED) is 0.417. The van der Waals surface area contributed by atoms with Crippen molar-refractivity contribution in [1.29, 1.82) is 0 Å². The molecule has 1 amide bonds. The molecule has 29 heavy (non-hydrogen) atoms. The smallest absolute Gasteiger partial charge is 0.261 e.